The summed E-state index contributed by atoms with van der Waals surface area (Å²) >= 11 is 0. The van der Waals surface area contributed by atoms with E-state index in [9.17, 15) is 9.59 Å². The van der Waals surface area contributed by atoms with Crippen LogP contribution in [0.1, 0.15) is 290 Å². The topological polar surface area (TPSA) is 61.8 Å². The molecular weight excluding hydrogens is 765 g/mol. The number of allylic oxidation sites excluding steroid dienone is 6. The predicted octanol–water partition coefficient (Wildman–Crippen LogP) is 18.6. The Kier molecular flexibility index (Phi) is 51.8. The smallest absolute Gasteiger partial charge is 0.305 e. The zero-order valence-corrected chi connectivity index (χ0v) is 41.9. The van der Waals surface area contributed by atoms with Crippen molar-refractivity contribution >= 4 is 11.9 Å². The molecule has 1 atom stereocenters. The summed E-state index contributed by atoms with van der Waals surface area (Å²) in [5.74, 6) is -0.337. The van der Waals surface area contributed by atoms with Gasteiger partial charge in [-0.25, -0.2) is 0 Å². The van der Waals surface area contributed by atoms with Crippen LogP contribution >= 0.6 is 0 Å². The Balaban J connectivity index is 4.19. The second kappa shape index (κ2) is 53.5. The summed E-state index contributed by atoms with van der Waals surface area (Å²) in [6, 6.07) is 0. The van der Waals surface area contributed by atoms with Gasteiger partial charge in [-0.3, -0.25) is 9.59 Å². The van der Waals surface area contributed by atoms with Gasteiger partial charge in [0.1, 0.15) is 19.3 Å². The normalized spacial score (nSPS) is 12.4. The zero-order chi connectivity index (χ0) is 44.9. The van der Waals surface area contributed by atoms with Crippen LogP contribution in [0.4, 0.5) is 0 Å². The highest BCUT2D eigenvalue weighted by molar-refractivity contribution is 5.69. The SMILES string of the molecule is CCCC/C=C\CCCCCCCC(=O)OC[C@@H](COC(=O)CCCCCCCCCCC/C=C\C/C=C\CCCCC)OCCCCCCCCCCCCCCCCCC. The highest BCUT2D eigenvalue weighted by Gasteiger charge is 2.16. The Hall–Kier alpha value is -1.88. The van der Waals surface area contributed by atoms with Crippen molar-refractivity contribution in [1.82, 2.24) is 0 Å². The standard InChI is InChI=1S/C57H106O5/c1-4-7-10-13-16-19-22-24-26-28-29-30-31-33-36-39-42-45-48-51-57(59)62-54-55(53-61-56(58)50-47-44-41-38-35-21-18-15-12-9-6-3)60-52-49-46-43-40-37-34-32-27-25-23-20-17-14-11-8-5-2/h15-16,18-19,24,26,55H,4-14,17,20-23,25,27-54H2,1-3H3/b18-15-,19-16-,26-24-/t55-/m0/s1. The highest BCUT2D eigenvalue weighted by Crippen LogP contribution is 2.16. The third kappa shape index (κ3) is 50.8. The Labute approximate surface area is 387 Å². The number of ether oxygens (including phenoxy) is 3. The molecule has 0 aromatic carbocycles. The number of hydrogen-bond donors (Lipinski definition) is 0. The fraction of sp³-hybridized carbons (Fsp3) is 0.860. The number of rotatable bonds is 51. The Morgan fingerprint density at radius 1 is 0.339 bits per heavy atom. The van der Waals surface area contributed by atoms with Crippen LogP contribution in [0.5, 0.6) is 0 Å². The van der Waals surface area contributed by atoms with Crippen LogP contribution in [0.25, 0.3) is 0 Å². The molecule has 0 amide bonds. The van der Waals surface area contributed by atoms with Gasteiger partial charge in [-0.05, 0) is 70.6 Å². The minimum Gasteiger partial charge on any atom is -0.463 e. The van der Waals surface area contributed by atoms with Crippen LogP contribution in [0.2, 0.25) is 0 Å². The van der Waals surface area contributed by atoms with E-state index in [2.05, 4.69) is 57.2 Å². The van der Waals surface area contributed by atoms with Gasteiger partial charge in [-0.1, -0.05) is 243 Å². The minimum atomic E-state index is -0.400. The summed E-state index contributed by atoms with van der Waals surface area (Å²) in [6.45, 7) is 7.70. The van der Waals surface area contributed by atoms with E-state index in [1.807, 2.05) is 0 Å². The first-order valence-corrected chi connectivity index (χ1v) is 27.5. The molecule has 5 nitrogen and oxygen atoms in total. The first kappa shape index (κ1) is 60.1. The van der Waals surface area contributed by atoms with Gasteiger partial charge in [0.25, 0.3) is 0 Å². The van der Waals surface area contributed by atoms with Gasteiger partial charge in [0, 0.05) is 19.4 Å². The van der Waals surface area contributed by atoms with Gasteiger partial charge in [0.15, 0.2) is 0 Å². The van der Waals surface area contributed by atoms with E-state index in [1.54, 1.807) is 0 Å². The maximum Gasteiger partial charge on any atom is 0.305 e. The third-order valence-electron chi connectivity index (χ3n) is 12.2. The number of carbonyl (C=O) groups is 2. The molecule has 0 aliphatic heterocycles. The van der Waals surface area contributed by atoms with Crippen molar-refractivity contribution in [3.05, 3.63) is 36.5 Å². The van der Waals surface area contributed by atoms with Gasteiger partial charge in [0.2, 0.25) is 0 Å². The van der Waals surface area contributed by atoms with Gasteiger partial charge in [0.05, 0.1) is 0 Å². The van der Waals surface area contributed by atoms with Crippen molar-refractivity contribution in [2.24, 2.45) is 0 Å². The first-order chi connectivity index (χ1) is 30.6. The molecule has 62 heavy (non-hydrogen) atoms. The molecule has 0 aromatic rings. The molecule has 0 radical (unpaired) electrons. The van der Waals surface area contributed by atoms with Gasteiger partial charge < -0.3 is 14.2 Å². The van der Waals surface area contributed by atoms with Crippen LogP contribution in [0, 0.1) is 0 Å². The molecule has 5 heteroatoms. The molecule has 0 rings (SSSR count). The molecule has 0 unspecified atom stereocenters. The maximum atomic E-state index is 12.6. The zero-order valence-electron chi connectivity index (χ0n) is 41.9. The van der Waals surface area contributed by atoms with Gasteiger partial charge in [-0.2, -0.15) is 0 Å². The van der Waals surface area contributed by atoms with E-state index in [-0.39, 0.29) is 25.2 Å². The lowest BCUT2D eigenvalue weighted by Crippen LogP contribution is -2.29. The number of carbonyl (C=O) groups excluding carboxylic acids is 2. The Morgan fingerprint density at radius 3 is 1.03 bits per heavy atom. The average molecular weight is 871 g/mol. The quantitative estimate of drug-likeness (QED) is 0.0346. The van der Waals surface area contributed by atoms with Gasteiger partial charge in [-0.15, -0.1) is 0 Å². The molecule has 364 valence electrons. The summed E-state index contributed by atoms with van der Waals surface area (Å²) in [7, 11) is 0. The van der Waals surface area contributed by atoms with Gasteiger partial charge >= 0.3 is 11.9 Å². The summed E-state index contributed by atoms with van der Waals surface area (Å²) in [4.78, 5) is 25.2. The summed E-state index contributed by atoms with van der Waals surface area (Å²) in [5.41, 5.74) is 0. The van der Waals surface area contributed by atoms with Crippen LogP contribution < -0.4 is 0 Å². The van der Waals surface area contributed by atoms with E-state index >= 15 is 0 Å². The number of unbranched alkanes of at least 4 members (excludes halogenated alkanes) is 34. The molecule has 0 saturated heterocycles. The van der Waals surface area contributed by atoms with Crippen LogP contribution in [-0.4, -0.2) is 37.9 Å². The number of esters is 2. The number of hydrogen-bond acceptors (Lipinski definition) is 5. The summed E-state index contributed by atoms with van der Waals surface area (Å²) < 4.78 is 17.5. The Bertz CT molecular complexity index is 986. The van der Waals surface area contributed by atoms with Crippen LogP contribution in [-0.2, 0) is 23.8 Å². The largest absolute Gasteiger partial charge is 0.463 e. The molecule has 0 bridgehead atoms. The van der Waals surface area contributed by atoms with Crippen molar-refractivity contribution in [3.63, 3.8) is 0 Å². The molecule has 0 fully saturated rings. The van der Waals surface area contributed by atoms with Crippen LogP contribution in [0.15, 0.2) is 36.5 Å². The average Bonchev–Trinajstić information content (AvgIpc) is 3.28. The molecule has 0 saturated carbocycles. The van der Waals surface area contributed by atoms with Crippen molar-refractivity contribution in [2.75, 3.05) is 19.8 Å². The molecule has 0 N–H and O–H groups in total. The van der Waals surface area contributed by atoms with Crippen molar-refractivity contribution in [1.29, 1.82) is 0 Å². The predicted molar refractivity (Wildman–Crippen MR) is 270 cm³/mol. The fourth-order valence-electron chi connectivity index (χ4n) is 7.97. The third-order valence-corrected chi connectivity index (χ3v) is 12.2. The van der Waals surface area contributed by atoms with Crippen molar-refractivity contribution < 1.29 is 23.8 Å². The molecule has 0 aliphatic carbocycles. The minimum absolute atomic E-state index is 0.156. The lowest BCUT2D eigenvalue weighted by Gasteiger charge is -2.18. The fourth-order valence-corrected chi connectivity index (χ4v) is 7.97. The van der Waals surface area contributed by atoms with Crippen molar-refractivity contribution in [2.45, 2.75) is 297 Å². The highest BCUT2D eigenvalue weighted by atomic mass is 16.6. The molecule has 0 aromatic heterocycles. The monoisotopic (exact) mass is 871 g/mol. The first-order valence-electron chi connectivity index (χ1n) is 27.5. The molecule has 0 spiro atoms. The van der Waals surface area contributed by atoms with E-state index in [4.69, 9.17) is 14.2 Å². The van der Waals surface area contributed by atoms with Crippen LogP contribution in [0.3, 0.4) is 0 Å². The Morgan fingerprint density at radius 2 is 0.629 bits per heavy atom. The molecule has 0 aliphatic rings. The summed E-state index contributed by atoms with van der Waals surface area (Å²) in [5, 5.41) is 0. The van der Waals surface area contributed by atoms with E-state index in [1.165, 1.54) is 199 Å². The lowest BCUT2D eigenvalue weighted by molar-refractivity contribution is -0.155. The second-order valence-electron chi connectivity index (χ2n) is 18.5. The van der Waals surface area contributed by atoms with E-state index in [0.717, 1.165) is 57.8 Å². The van der Waals surface area contributed by atoms with E-state index in [0.29, 0.717) is 19.4 Å². The summed E-state index contributed by atoms with van der Waals surface area (Å²) in [6.07, 6.45) is 64.6. The van der Waals surface area contributed by atoms with Crippen molar-refractivity contribution in [3.8, 4) is 0 Å². The molecule has 0 heterocycles. The van der Waals surface area contributed by atoms with E-state index < -0.39 is 6.10 Å². The molecular formula is C57H106O5. The lowest BCUT2D eigenvalue weighted by atomic mass is 10.0. The second-order valence-corrected chi connectivity index (χ2v) is 18.5. The maximum absolute atomic E-state index is 12.6.